The summed E-state index contributed by atoms with van der Waals surface area (Å²) in [6.45, 7) is 0. The molecule has 74 valence electrons. The number of nitriles is 1. The molecule has 0 bridgehead atoms. The van der Waals surface area contributed by atoms with E-state index in [9.17, 15) is 4.79 Å². The summed E-state index contributed by atoms with van der Waals surface area (Å²) in [5, 5.41) is 9.99. The van der Waals surface area contributed by atoms with Crippen LogP contribution in [0.5, 0.6) is 0 Å². The van der Waals surface area contributed by atoms with Crippen LogP contribution in [-0.2, 0) is 6.42 Å². The van der Waals surface area contributed by atoms with E-state index in [1.807, 2.05) is 6.07 Å². The monoisotopic (exact) mass is 218 g/mol. The fourth-order valence-electron chi connectivity index (χ4n) is 1.44. The fraction of sp³-hybridized carbons (Fsp3) is 0.0909. The molecular weight excluding hydrogens is 212 g/mol. The van der Waals surface area contributed by atoms with E-state index < -0.39 is 0 Å². The average Bonchev–Trinajstić information content (AvgIpc) is 2.20. The van der Waals surface area contributed by atoms with E-state index >= 15 is 0 Å². The van der Waals surface area contributed by atoms with E-state index in [-0.39, 0.29) is 12.0 Å². The second-order valence-corrected chi connectivity index (χ2v) is 3.63. The first-order valence-corrected chi connectivity index (χ1v) is 4.77. The number of fused-ring (bicyclic) bond motifs is 1. The molecule has 1 N–H and O–H groups in total. The Labute approximate surface area is 90.9 Å². The number of hydrogen-bond donors (Lipinski definition) is 1. The van der Waals surface area contributed by atoms with Gasteiger partial charge < -0.3 is 4.98 Å². The van der Waals surface area contributed by atoms with Crippen LogP contribution in [0.15, 0.2) is 29.1 Å². The van der Waals surface area contributed by atoms with E-state index in [1.165, 1.54) is 0 Å². The largest absolute Gasteiger partial charge is 0.322 e. The van der Waals surface area contributed by atoms with Crippen LogP contribution in [-0.4, -0.2) is 4.98 Å². The number of halogens is 1. The predicted octanol–water partition coefficient (Wildman–Crippen LogP) is 2.25. The van der Waals surface area contributed by atoms with Gasteiger partial charge in [-0.05, 0) is 29.7 Å². The number of pyridine rings is 1. The zero-order chi connectivity index (χ0) is 10.8. The molecule has 2 aromatic rings. The second-order valence-electron chi connectivity index (χ2n) is 3.19. The number of hydrogen-bond acceptors (Lipinski definition) is 2. The third kappa shape index (κ3) is 1.85. The standard InChI is InChI=1S/C11H7ClN2O/c12-9-1-2-10-8(6-9)5-7(3-4-13)11(15)14-10/h1-2,5-6H,3H2,(H,14,15). The average molecular weight is 219 g/mol. The van der Waals surface area contributed by atoms with Crippen LogP contribution in [0.2, 0.25) is 5.02 Å². The Bertz CT molecular complexity index is 610. The first-order chi connectivity index (χ1) is 7.20. The van der Waals surface area contributed by atoms with Gasteiger partial charge in [-0.25, -0.2) is 0 Å². The van der Waals surface area contributed by atoms with Crippen molar-refractivity contribution in [2.75, 3.05) is 0 Å². The SMILES string of the molecule is N#CCc1cc2cc(Cl)ccc2[nH]c1=O. The Morgan fingerprint density at radius 2 is 2.20 bits per heavy atom. The van der Waals surface area contributed by atoms with Crippen LogP contribution in [0, 0.1) is 11.3 Å². The molecule has 0 aliphatic carbocycles. The number of rotatable bonds is 1. The molecule has 4 heteroatoms. The summed E-state index contributed by atoms with van der Waals surface area (Å²) in [6.07, 6.45) is 0.109. The number of nitrogens with zero attached hydrogens (tertiary/aromatic N) is 1. The van der Waals surface area contributed by atoms with Crippen LogP contribution in [0.4, 0.5) is 0 Å². The summed E-state index contributed by atoms with van der Waals surface area (Å²) in [7, 11) is 0. The summed E-state index contributed by atoms with van der Waals surface area (Å²) in [6, 6.07) is 8.86. The maximum Gasteiger partial charge on any atom is 0.252 e. The van der Waals surface area contributed by atoms with E-state index in [2.05, 4.69) is 4.98 Å². The Balaban J connectivity index is 2.73. The predicted molar refractivity (Wildman–Crippen MR) is 58.9 cm³/mol. The van der Waals surface area contributed by atoms with Gasteiger partial charge in [0.2, 0.25) is 0 Å². The Hall–Kier alpha value is -1.79. The van der Waals surface area contributed by atoms with Gasteiger partial charge in [0, 0.05) is 16.1 Å². The van der Waals surface area contributed by atoms with Crippen molar-refractivity contribution >= 4 is 22.5 Å². The molecule has 0 saturated carbocycles. The van der Waals surface area contributed by atoms with E-state index in [0.29, 0.717) is 10.6 Å². The molecule has 0 aliphatic heterocycles. The van der Waals surface area contributed by atoms with E-state index in [0.717, 1.165) is 10.9 Å². The summed E-state index contributed by atoms with van der Waals surface area (Å²) >= 11 is 5.83. The summed E-state index contributed by atoms with van der Waals surface area (Å²) in [4.78, 5) is 14.2. The van der Waals surface area contributed by atoms with Gasteiger partial charge in [-0.15, -0.1) is 0 Å². The first-order valence-electron chi connectivity index (χ1n) is 4.39. The summed E-state index contributed by atoms with van der Waals surface area (Å²) in [5.74, 6) is 0. The van der Waals surface area contributed by atoms with Crippen molar-refractivity contribution in [3.8, 4) is 6.07 Å². The summed E-state index contributed by atoms with van der Waals surface area (Å²) in [5.41, 5.74) is 0.977. The minimum absolute atomic E-state index is 0.109. The normalized spacial score (nSPS) is 10.1. The molecule has 0 saturated heterocycles. The van der Waals surface area contributed by atoms with Crippen LogP contribution in [0.1, 0.15) is 5.56 Å². The maximum absolute atomic E-state index is 11.5. The molecule has 0 spiro atoms. The van der Waals surface area contributed by atoms with Crippen molar-refractivity contribution in [2.24, 2.45) is 0 Å². The molecular formula is C11H7ClN2O. The van der Waals surface area contributed by atoms with E-state index in [1.54, 1.807) is 24.3 Å². The molecule has 15 heavy (non-hydrogen) atoms. The molecule has 0 radical (unpaired) electrons. The van der Waals surface area contributed by atoms with Crippen molar-refractivity contribution in [3.63, 3.8) is 0 Å². The highest BCUT2D eigenvalue weighted by Crippen LogP contribution is 2.17. The topological polar surface area (TPSA) is 56.6 Å². The summed E-state index contributed by atoms with van der Waals surface area (Å²) < 4.78 is 0. The molecule has 3 nitrogen and oxygen atoms in total. The molecule has 0 amide bonds. The van der Waals surface area contributed by atoms with Crippen molar-refractivity contribution < 1.29 is 0 Å². The smallest absolute Gasteiger partial charge is 0.252 e. The van der Waals surface area contributed by atoms with Gasteiger partial charge in [-0.3, -0.25) is 4.79 Å². The third-order valence-electron chi connectivity index (χ3n) is 2.15. The van der Waals surface area contributed by atoms with Gasteiger partial charge in [-0.1, -0.05) is 11.6 Å². The number of aromatic nitrogens is 1. The lowest BCUT2D eigenvalue weighted by molar-refractivity contribution is 1.16. The van der Waals surface area contributed by atoms with Crippen molar-refractivity contribution in [1.29, 1.82) is 5.26 Å². The van der Waals surface area contributed by atoms with Gasteiger partial charge in [0.05, 0.1) is 12.5 Å². The number of benzene rings is 1. The first kappa shape index (κ1) is 9.75. The number of aromatic amines is 1. The Morgan fingerprint density at radius 1 is 1.40 bits per heavy atom. The lowest BCUT2D eigenvalue weighted by Gasteiger charge is -2.00. The molecule has 1 aromatic heterocycles. The molecule has 0 aliphatic rings. The van der Waals surface area contributed by atoms with Crippen molar-refractivity contribution in [1.82, 2.24) is 4.98 Å². The van der Waals surface area contributed by atoms with Crippen LogP contribution in [0.25, 0.3) is 10.9 Å². The molecule has 0 unspecified atom stereocenters. The van der Waals surface area contributed by atoms with Gasteiger partial charge in [0.25, 0.3) is 5.56 Å². The second kappa shape index (κ2) is 3.76. The van der Waals surface area contributed by atoms with Crippen LogP contribution in [0.3, 0.4) is 0 Å². The van der Waals surface area contributed by atoms with Gasteiger partial charge in [-0.2, -0.15) is 5.26 Å². The highest BCUT2D eigenvalue weighted by molar-refractivity contribution is 6.31. The van der Waals surface area contributed by atoms with Crippen molar-refractivity contribution in [2.45, 2.75) is 6.42 Å². The third-order valence-corrected chi connectivity index (χ3v) is 2.39. The molecule has 1 aromatic carbocycles. The van der Waals surface area contributed by atoms with Gasteiger partial charge >= 0.3 is 0 Å². The molecule has 1 heterocycles. The maximum atomic E-state index is 11.5. The zero-order valence-corrected chi connectivity index (χ0v) is 8.51. The van der Waals surface area contributed by atoms with Gasteiger partial charge in [0.15, 0.2) is 0 Å². The highest BCUT2D eigenvalue weighted by Gasteiger charge is 2.02. The van der Waals surface area contributed by atoms with Gasteiger partial charge in [0.1, 0.15) is 0 Å². The van der Waals surface area contributed by atoms with E-state index in [4.69, 9.17) is 16.9 Å². The minimum atomic E-state index is -0.216. The fourth-order valence-corrected chi connectivity index (χ4v) is 1.62. The quantitative estimate of drug-likeness (QED) is 0.798. The Kier molecular flexibility index (Phi) is 2.44. The Morgan fingerprint density at radius 3 is 2.93 bits per heavy atom. The zero-order valence-electron chi connectivity index (χ0n) is 7.75. The molecule has 0 fully saturated rings. The lowest BCUT2D eigenvalue weighted by Crippen LogP contribution is -2.11. The molecule has 0 atom stereocenters. The van der Waals surface area contributed by atoms with Crippen LogP contribution < -0.4 is 5.56 Å². The molecule has 2 rings (SSSR count). The van der Waals surface area contributed by atoms with Crippen LogP contribution >= 0.6 is 11.6 Å². The highest BCUT2D eigenvalue weighted by atomic mass is 35.5. The lowest BCUT2D eigenvalue weighted by atomic mass is 10.1. The minimum Gasteiger partial charge on any atom is -0.322 e. The number of H-pyrrole nitrogens is 1. The van der Waals surface area contributed by atoms with Crippen molar-refractivity contribution in [3.05, 3.63) is 45.2 Å². The number of nitrogens with one attached hydrogen (secondary N) is 1.